The second-order valence-electron chi connectivity index (χ2n) is 8.22. The van der Waals surface area contributed by atoms with Gasteiger partial charge in [-0.2, -0.15) is 0 Å². The Labute approximate surface area is 167 Å². The lowest BCUT2D eigenvalue weighted by atomic mass is 9.95. The molecule has 4 rings (SSSR count). The molecule has 6 heteroatoms. The van der Waals surface area contributed by atoms with Crippen LogP contribution in [0.15, 0.2) is 30.5 Å². The minimum atomic E-state index is 0.106. The van der Waals surface area contributed by atoms with Crippen molar-refractivity contribution in [2.24, 2.45) is 0 Å². The standard InChI is InChI=1S/C22H29N5O/c1-25(2)19-8-6-16(7-9-19)22(28)27-11-4-5-17(15-27)21-23-13-18-14-26(3)12-10-20(18)24-21/h6-9,13,17H,4-5,10-12,14-15H2,1-3H3/t17-/m1/s1. The van der Waals surface area contributed by atoms with Crippen LogP contribution in [0.1, 0.15) is 46.2 Å². The Kier molecular flexibility index (Phi) is 5.31. The highest BCUT2D eigenvalue weighted by atomic mass is 16.2. The van der Waals surface area contributed by atoms with Crippen molar-refractivity contribution in [3.8, 4) is 0 Å². The number of rotatable bonds is 3. The lowest BCUT2D eigenvalue weighted by molar-refractivity contribution is 0.0704. The molecule has 0 spiro atoms. The highest BCUT2D eigenvalue weighted by Crippen LogP contribution is 2.27. The number of nitrogens with zero attached hydrogens (tertiary/aromatic N) is 5. The molecule has 1 atom stereocenters. The van der Waals surface area contributed by atoms with Gasteiger partial charge < -0.3 is 14.7 Å². The molecule has 1 aromatic heterocycles. The van der Waals surface area contributed by atoms with Crippen LogP contribution in [0.4, 0.5) is 5.69 Å². The first-order chi connectivity index (χ1) is 13.5. The van der Waals surface area contributed by atoms with Crippen molar-refractivity contribution < 1.29 is 4.79 Å². The number of likely N-dealkylation sites (tertiary alicyclic amines) is 1. The molecule has 1 saturated heterocycles. The Balaban J connectivity index is 1.47. The number of benzene rings is 1. The topological polar surface area (TPSA) is 52.6 Å². The third kappa shape index (κ3) is 3.87. The molecule has 1 aromatic carbocycles. The van der Waals surface area contributed by atoms with E-state index in [1.165, 1.54) is 11.3 Å². The van der Waals surface area contributed by atoms with Crippen molar-refractivity contribution >= 4 is 11.6 Å². The van der Waals surface area contributed by atoms with Gasteiger partial charge in [0.2, 0.25) is 0 Å². The molecular weight excluding hydrogens is 350 g/mol. The van der Waals surface area contributed by atoms with Crippen LogP contribution in [0.5, 0.6) is 0 Å². The quantitative estimate of drug-likeness (QED) is 0.820. The molecular formula is C22H29N5O. The Morgan fingerprint density at radius 1 is 1.18 bits per heavy atom. The Hall–Kier alpha value is -2.47. The van der Waals surface area contributed by atoms with Gasteiger partial charge >= 0.3 is 0 Å². The second kappa shape index (κ2) is 7.87. The third-order valence-electron chi connectivity index (χ3n) is 5.85. The summed E-state index contributed by atoms with van der Waals surface area (Å²) in [5.41, 5.74) is 4.27. The van der Waals surface area contributed by atoms with E-state index in [9.17, 15) is 4.79 Å². The van der Waals surface area contributed by atoms with E-state index in [-0.39, 0.29) is 11.8 Å². The molecule has 2 aromatic rings. The Morgan fingerprint density at radius 2 is 1.96 bits per heavy atom. The number of carbonyl (C=O) groups excluding carboxylic acids is 1. The predicted molar refractivity (Wildman–Crippen MR) is 111 cm³/mol. The lowest BCUT2D eigenvalue weighted by Crippen LogP contribution is -2.39. The van der Waals surface area contributed by atoms with Crippen LogP contribution in [-0.4, -0.2) is 66.5 Å². The SMILES string of the molecule is CN1CCc2nc([C@@H]3CCCN(C(=O)c4ccc(N(C)C)cc4)C3)ncc2C1. The second-order valence-corrected chi connectivity index (χ2v) is 8.22. The van der Waals surface area contributed by atoms with E-state index in [1.54, 1.807) is 0 Å². The molecule has 0 aliphatic carbocycles. The number of likely N-dealkylation sites (N-methyl/N-ethyl adjacent to an activating group) is 1. The number of aromatic nitrogens is 2. The van der Waals surface area contributed by atoms with Gasteiger partial charge in [-0.25, -0.2) is 9.97 Å². The summed E-state index contributed by atoms with van der Waals surface area (Å²) in [5, 5.41) is 0. The first kappa shape index (κ1) is 18.9. The Bertz CT molecular complexity index is 849. The zero-order chi connectivity index (χ0) is 19.7. The van der Waals surface area contributed by atoms with Crippen LogP contribution < -0.4 is 4.90 Å². The zero-order valence-corrected chi connectivity index (χ0v) is 17.1. The van der Waals surface area contributed by atoms with Gasteiger partial charge in [-0.15, -0.1) is 0 Å². The summed E-state index contributed by atoms with van der Waals surface area (Å²) in [6, 6.07) is 7.84. The number of carbonyl (C=O) groups is 1. The maximum Gasteiger partial charge on any atom is 0.253 e. The molecule has 2 aliphatic heterocycles. The molecule has 0 radical (unpaired) electrons. The van der Waals surface area contributed by atoms with E-state index in [2.05, 4.69) is 16.9 Å². The third-order valence-corrected chi connectivity index (χ3v) is 5.85. The van der Waals surface area contributed by atoms with Crippen LogP contribution in [0.25, 0.3) is 0 Å². The van der Waals surface area contributed by atoms with Gasteiger partial charge in [-0.3, -0.25) is 4.79 Å². The monoisotopic (exact) mass is 379 g/mol. The smallest absolute Gasteiger partial charge is 0.253 e. The van der Waals surface area contributed by atoms with E-state index in [0.717, 1.165) is 56.0 Å². The maximum atomic E-state index is 13.0. The van der Waals surface area contributed by atoms with Gasteiger partial charge in [-0.05, 0) is 44.2 Å². The minimum Gasteiger partial charge on any atom is -0.378 e. The van der Waals surface area contributed by atoms with Crippen molar-refractivity contribution in [1.82, 2.24) is 19.8 Å². The van der Waals surface area contributed by atoms with E-state index in [4.69, 9.17) is 4.98 Å². The van der Waals surface area contributed by atoms with Gasteiger partial charge in [0.15, 0.2) is 0 Å². The van der Waals surface area contributed by atoms with Gasteiger partial charge in [-0.1, -0.05) is 0 Å². The summed E-state index contributed by atoms with van der Waals surface area (Å²) in [7, 11) is 6.14. The summed E-state index contributed by atoms with van der Waals surface area (Å²) >= 11 is 0. The molecule has 2 aliphatic rings. The Morgan fingerprint density at radius 3 is 2.71 bits per heavy atom. The van der Waals surface area contributed by atoms with Crippen LogP contribution in [0.2, 0.25) is 0 Å². The molecule has 0 unspecified atom stereocenters. The van der Waals surface area contributed by atoms with Gasteiger partial charge in [0, 0.05) is 81.3 Å². The molecule has 0 saturated carbocycles. The average Bonchev–Trinajstić information content (AvgIpc) is 2.73. The van der Waals surface area contributed by atoms with E-state index in [1.807, 2.05) is 54.4 Å². The highest BCUT2D eigenvalue weighted by Gasteiger charge is 2.28. The van der Waals surface area contributed by atoms with Crippen molar-refractivity contribution in [3.63, 3.8) is 0 Å². The first-order valence-corrected chi connectivity index (χ1v) is 10.1. The summed E-state index contributed by atoms with van der Waals surface area (Å²) in [6.07, 6.45) is 5.01. The maximum absolute atomic E-state index is 13.0. The normalized spacial score (nSPS) is 20.0. The fraction of sp³-hybridized carbons (Fsp3) is 0.500. The molecule has 3 heterocycles. The first-order valence-electron chi connectivity index (χ1n) is 10.1. The number of amides is 1. The fourth-order valence-corrected chi connectivity index (χ4v) is 4.13. The number of hydrogen-bond acceptors (Lipinski definition) is 5. The molecule has 1 fully saturated rings. The van der Waals surface area contributed by atoms with Crippen LogP contribution >= 0.6 is 0 Å². The fourth-order valence-electron chi connectivity index (χ4n) is 4.13. The molecule has 148 valence electrons. The van der Waals surface area contributed by atoms with E-state index < -0.39 is 0 Å². The molecule has 0 N–H and O–H groups in total. The summed E-state index contributed by atoms with van der Waals surface area (Å²) in [6.45, 7) is 3.48. The van der Waals surface area contributed by atoms with Crippen molar-refractivity contribution in [2.75, 3.05) is 45.7 Å². The number of hydrogen-bond donors (Lipinski definition) is 0. The number of fused-ring (bicyclic) bond motifs is 1. The molecule has 6 nitrogen and oxygen atoms in total. The van der Waals surface area contributed by atoms with E-state index in [0.29, 0.717) is 6.54 Å². The summed E-state index contributed by atoms with van der Waals surface area (Å²) < 4.78 is 0. The van der Waals surface area contributed by atoms with Gasteiger partial charge in [0.1, 0.15) is 5.82 Å². The van der Waals surface area contributed by atoms with Crippen LogP contribution in [0, 0.1) is 0 Å². The van der Waals surface area contributed by atoms with Crippen LogP contribution in [0.3, 0.4) is 0 Å². The summed E-state index contributed by atoms with van der Waals surface area (Å²) in [5.74, 6) is 1.24. The predicted octanol–water partition coefficient (Wildman–Crippen LogP) is 2.55. The zero-order valence-electron chi connectivity index (χ0n) is 17.1. The van der Waals surface area contributed by atoms with Crippen molar-refractivity contribution in [2.45, 2.75) is 31.7 Å². The molecule has 1 amide bonds. The molecule has 28 heavy (non-hydrogen) atoms. The van der Waals surface area contributed by atoms with Crippen LogP contribution in [-0.2, 0) is 13.0 Å². The summed E-state index contributed by atoms with van der Waals surface area (Å²) in [4.78, 5) is 28.9. The number of anilines is 1. The minimum absolute atomic E-state index is 0.106. The van der Waals surface area contributed by atoms with Crippen molar-refractivity contribution in [3.05, 3.63) is 53.1 Å². The average molecular weight is 380 g/mol. The van der Waals surface area contributed by atoms with Crippen molar-refractivity contribution in [1.29, 1.82) is 0 Å². The number of piperidine rings is 1. The largest absolute Gasteiger partial charge is 0.378 e. The van der Waals surface area contributed by atoms with Gasteiger partial charge in [0.25, 0.3) is 5.91 Å². The van der Waals surface area contributed by atoms with Gasteiger partial charge in [0.05, 0.1) is 0 Å². The van der Waals surface area contributed by atoms with E-state index >= 15 is 0 Å². The molecule has 0 bridgehead atoms. The lowest BCUT2D eigenvalue weighted by Gasteiger charge is -2.33. The highest BCUT2D eigenvalue weighted by molar-refractivity contribution is 5.94.